The molecule has 0 saturated carbocycles. The highest BCUT2D eigenvalue weighted by Gasteiger charge is 2.33. The molecule has 0 aliphatic carbocycles. The van der Waals surface area contributed by atoms with Gasteiger partial charge in [-0.25, -0.2) is 0 Å². The van der Waals surface area contributed by atoms with Crippen molar-refractivity contribution in [1.29, 1.82) is 0 Å². The van der Waals surface area contributed by atoms with E-state index in [4.69, 9.17) is 11.1 Å². The highest BCUT2D eigenvalue weighted by atomic mass is 35.6. The third-order valence-corrected chi connectivity index (χ3v) is 7.57. The Morgan fingerprint density at radius 2 is 1.67 bits per heavy atom. The largest absolute Gasteiger partial charge is 0.314 e. The normalized spacial score (nSPS) is 16.5. The van der Waals surface area contributed by atoms with Crippen LogP contribution in [0.15, 0.2) is 0 Å². The van der Waals surface area contributed by atoms with E-state index in [1.54, 1.807) is 0 Å². The van der Waals surface area contributed by atoms with Crippen LogP contribution in [0.2, 0.25) is 6.04 Å². The Kier molecular flexibility index (Phi) is 6.18. The van der Waals surface area contributed by atoms with E-state index in [0.29, 0.717) is 0 Å². The summed E-state index contributed by atoms with van der Waals surface area (Å²) in [7, 11) is -1.80. The van der Waals surface area contributed by atoms with Crippen molar-refractivity contribution < 1.29 is 0 Å². The van der Waals surface area contributed by atoms with Crippen molar-refractivity contribution in [3.8, 4) is 0 Å². The van der Waals surface area contributed by atoms with E-state index >= 15 is 0 Å². The summed E-state index contributed by atoms with van der Waals surface area (Å²) in [4.78, 5) is 3.44. The molecule has 74 valence electrons. The maximum atomic E-state index is 6.54. The number of nitrogens with zero attached hydrogens (tertiary/aromatic N) is 1. The van der Waals surface area contributed by atoms with Crippen LogP contribution in [0.4, 0.5) is 0 Å². The van der Waals surface area contributed by atoms with Gasteiger partial charge >= 0.3 is 7.71 Å². The Morgan fingerprint density at radius 3 is 1.92 bits per heavy atom. The lowest BCUT2D eigenvalue weighted by molar-refractivity contribution is 0.460. The second-order valence-electron chi connectivity index (χ2n) is 2.82. The fraction of sp³-hybridized carbons (Fsp3) is 1.00. The van der Waals surface area contributed by atoms with Crippen LogP contribution >= 0.6 is 11.1 Å². The van der Waals surface area contributed by atoms with Gasteiger partial charge in [-0.3, -0.25) is 0 Å². The molecule has 2 nitrogen and oxygen atoms in total. The van der Waals surface area contributed by atoms with E-state index in [9.17, 15) is 0 Å². The van der Waals surface area contributed by atoms with Gasteiger partial charge in [-0.15, -0.1) is 11.1 Å². The third-order valence-electron chi connectivity index (χ3n) is 2.18. The summed E-state index contributed by atoms with van der Waals surface area (Å²) in [5.74, 6) is 0. The Balaban J connectivity index is 4.24. The third kappa shape index (κ3) is 3.05. The zero-order chi connectivity index (χ0) is 9.61. The fourth-order valence-corrected chi connectivity index (χ4v) is 5.04. The molecule has 4 heteroatoms. The van der Waals surface area contributed by atoms with Gasteiger partial charge in [0, 0.05) is 0 Å². The van der Waals surface area contributed by atoms with Gasteiger partial charge in [0.2, 0.25) is 0 Å². The van der Waals surface area contributed by atoms with Gasteiger partial charge in [0.25, 0.3) is 0 Å². The van der Waals surface area contributed by atoms with Crippen molar-refractivity contribution in [3.63, 3.8) is 0 Å². The zero-order valence-electron chi connectivity index (χ0n) is 8.65. The van der Waals surface area contributed by atoms with Crippen LogP contribution in [0.1, 0.15) is 27.7 Å². The van der Waals surface area contributed by atoms with Gasteiger partial charge < -0.3 is 9.55 Å². The average Bonchev–Trinajstić information content (AvgIpc) is 2.07. The maximum absolute atomic E-state index is 6.54. The van der Waals surface area contributed by atoms with Crippen molar-refractivity contribution in [1.82, 2.24) is 9.55 Å². The molecule has 0 heterocycles. The minimum absolute atomic E-state index is 0.972. The number of hydrogen-bond donors (Lipinski definition) is 1. The number of nitrogens with one attached hydrogen (secondary N) is 1. The van der Waals surface area contributed by atoms with Crippen molar-refractivity contribution >= 4 is 18.8 Å². The van der Waals surface area contributed by atoms with E-state index in [1.165, 1.54) is 0 Å². The predicted octanol–water partition coefficient (Wildman–Crippen LogP) is 2.14. The fourth-order valence-electron chi connectivity index (χ4n) is 1.46. The molecule has 0 aliphatic heterocycles. The molecule has 0 radical (unpaired) electrons. The molecule has 0 rings (SSSR count). The molecule has 0 spiro atoms. The standard InChI is InChI=1S/C8H21ClN2Si/c1-5-10-12(9,8-4)11(6-2)7-3/h10H,5-8H2,1-4H3. The lowest BCUT2D eigenvalue weighted by atomic mass is 10.7. The smallest absolute Gasteiger partial charge is 0.304 e. The highest BCUT2D eigenvalue weighted by molar-refractivity contribution is 7.17. The van der Waals surface area contributed by atoms with Gasteiger partial charge in [0.05, 0.1) is 0 Å². The lowest BCUT2D eigenvalue weighted by Gasteiger charge is -2.34. The van der Waals surface area contributed by atoms with Crippen LogP contribution in [-0.4, -0.2) is 31.9 Å². The minimum atomic E-state index is -1.80. The molecule has 0 aromatic heterocycles. The quantitative estimate of drug-likeness (QED) is 0.532. The zero-order valence-corrected chi connectivity index (χ0v) is 10.4. The number of rotatable bonds is 6. The van der Waals surface area contributed by atoms with Gasteiger partial charge in [-0.2, -0.15) is 0 Å². The van der Waals surface area contributed by atoms with E-state index < -0.39 is 7.71 Å². The monoisotopic (exact) mass is 208 g/mol. The van der Waals surface area contributed by atoms with Crippen LogP contribution in [0.25, 0.3) is 0 Å². The Morgan fingerprint density at radius 1 is 1.17 bits per heavy atom. The predicted molar refractivity (Wildman–Crippen MR) is 58.7 cm³/mol. The second kappa shape index (κ2) is 5.97. The summed E-state index contributed by atoms with van der Waals surface area (Å²) >= 11 is 6.54. The molecule has 1 unspecified atom stereocenters. The first-order chi connectivity index (χ1) is 5.64. The van der Waals surface area contributed by atoms with Gasteiger partial charge in [-0.05, 0) is 25.7 Å². The van der Waals surface area contributed by atoms with Gasteiger partial charge in [0.1, 0.15) is 0 Å². The number of hydrogen-bond acceptors (Lipinski definition) is 2. The van der Waals surface area contributed by atoms with Crippen molar-refractivity contribution in [2.75, 3.05) is 19.6 Å². The first-order valence-electron chi connectivity index (χ1n) is 4.83. The molecular weight excluding hydrogens is 188 g/mol. The van der Waals surface area contributed by atoms with Crippen LogP contribution in [0.3, 0.4) is 0 Å². The number of halogens is 1. The summed E-state index contributed by atoms with van der Waals surface area (Å²) < 4.78 is 2.37. The summed E-state index contributed by atoms with van der Waals surface area (Å²) in [6.07, 6.45) is 0. The van der Waals surface area contributed by atoms with Crippen LogP contribution < -0.4 is 4.98 Å². The molecule has 1 N–H and O–H groups in total. The molecular formula is C8H21ClN2Si. The van der Waals surface area contributed by atoms with E-state index in [0.717, 1.165) is 25.7 Å². The summed E-state index contributed by atoms with van der Waals surface area (Å²) in [6, 6.07) is 1.06. The average molecular weight is 209 g/mol. The molecule has 0 amide bonds. The second-order valence-corrected chi connectivity index (χ2v) is 7.90. The van der Waals surface area contributed by atoms with E-state index in [1.807, 2.05) is 0 Å². The van der Waals surface area contributed by atoms with Gasteiger partial charge in [-0.1, -0.05) is 27.7 Å². The van der Waals surface area contributed by atoms with E-state index in [2.05, 4.69) is 37.2 Å². The molecule has 0 fully saturated rings. The summed E-state index contributed by atoms with van der Waals surface area (Å²) in [5.41, 5.74) is 0. The van der Waals surface area contributed by atoms with Crippen LogP contribution in [0, 0.1) is 0 Å². The summed E-state index contributed by atoms with van der Waals surface area (Å²) in [5, 5.41) is 0. The SMILES string of the molecule is CCN[Si](Cl)(CC)N(CC)CC. The molecule has 0 aromatic carbocycles. The van der Waals surface area contributed by atoms with Gasteiger partial charge in [0.15, 0.2) is 0 Å². The van der Waals surface area contributed by atoms with Crippen LogP contribution in [0.5, 0.6) is 0 Å². The Bertz CT molecular complexity index is 120. The molecule has 0 bridgehead atoms. The summed E-state index contributed by atoms with van der Waals surface area (Å²) in [6.45, 7) is 11.7. The minimum Gasteiger partial charge on any atom is -0.314 e. The Hall–Kier alpha value is 0.427. The molecule has 0 aromatic rings. The topological polar surface area (TPSA) is 15.3 Å². The highest BCUT2D eigenvalue weighted by Crippen LogP contribution is 2.16. The maximum Gasteiger partial charge on any atom is 0.304 e. The Labute approximate surface area is 82.2 Å². The van der Waals surface area contributed by atoms with Crippen LogP contribution in [-0.2, 0) is 0 Å². The van der Waals surface area contributed by atoms with Crippen molar-refractivity contribution in [3.05, 3.63) is 0 Å². The molecule has 1 atom stereocenters. The molecule has 12 heavy (non-hydrogen) atoms. The molecule has 0 saturated heterocycles. The van der Waals surface area contributed by atoms with Crippen molar-refractivity contribution in [2.45, 2.75) is 33.7 Å². The molecule has 0 aliphatic rings. The first-order valence-corrected chi connectivity index (χ1v) is 8.00. The first kappa shape index (κ1) is 12.4. The van der Waals surface area contributed by atoms with E-state index in [-0.39, 0.29) is 0 Å². The van der Waals surface area contributed by atoms with Crippen molar-refractivity contribution in [2.24, 2.45) is 0 Å². The lowest BCUT2D eigenvalue weighted by Crippen LogP contribution is -2.59.